The first kappa shape index (κ1) is 21.2. The van der Waals surface area contributed by atoms with E-state index in [0.717, 1.165) is 53.5 Å². The highest BCUT2D eigenvalue weighted by Gasteiger charge is 1.99. The first-order valence-electron chi connectivity index (χ1n) is 10.7. The molecule has 3 aromatic rings. The van der Waals surface area contributed by atoms with Crippen molar-refractivity contribution in [1.82, 2.24) is 0 Å². The molecule has 0 bridgehead atoms. The largest absolute Gasteiger partial charge is 0.0985 e. The molecule has 0 aromatic heterocycles. The fraction of sp³-hybridized carbons (Fsp3) is 0.200. The predicted octanol–water partition coefficient (Wildman–Crippen LogP) is 7.03. The van der Waals surface area contributed by atoms with Crippen LogP contribution in [0.25, 0.3) is 6.08 Å². The van der Waals surface area contributed by atoms with Gasteiger partial charge in [-0.1, -0.05) is 93.4 Å². The molecule has 0 nitrogen and oxygen atoms in total. The van der Waals surface area contributed by atoms with Gasteiger partial charge in [-0.3, -0.25) is 0 Å². The van der Waals surface area contributed by atoms with Crippen LogP contribution in [0.4, 0.5) is 0 Å². The molecular weight excluding hydrogens is 360 g/mol. The molecule has 0 aliphatic rings. The molecule has 3 rings (SSSR count). The summed E-state index contributed by atoms with van der Waals surface area (Å²) in [7, 11) is 0. The third-order valence-corrected chi connectivity index (χ3v) is 4.95. The van der Waals surface area contributed by atoms with Crippen molar-refractivity contribution in [2.75, 3.05) is 0 Å². The average Bonchev–Trinajstić information content (AvgIpc) is 2.79. The van der Waals surface area contributed by atoms with Gasteiger partial charge in [0.2, 0.25) is 0 Å². The Hall–Kier alpha value is -3.48. The highest BCUT2D eigenvalue weighted by molar-refractivity contribution is 5.60. The SMILES string of the molecule is C=Cc1ccc(C#Cc2ccc(CCC)cc2)c(C#Cc2ccc(CCC)cc2)c1. The topological polar surface area (TPSA) is 0 Å². The van der Waals surface area contributed by atoms with Crippen LogP contribution in [0.2, 0.25) is 0 Å². The summed E-state index contributed by atoms with van der Waals surface area (Å²) in [6, 6.07) is 23.2. The van der Waals surface area contributed by atoms with Crippen LogP contribution in [0.3, 0.4) is 0 Å². The molecule has 0 saturated carbocycles. The predicted molar refractivity (Wildman–Crippen MR) is 129 cm³/mol. The lowest BCUT2D eigenvalue weighted by atomic mass is 10.0. The number of aryl methyl sites for hydroxylation is 2. The van der Waals surface area contributed by atoms with Crippen LogP contribution in [0, 0.1) is 23.7 Å². The van der Waals surface area contributed by atoms with E-state index in [-0.39, 0.29) is 0 Å². The summed E-state index contributed by atoms with van der Waals surface area (Å²) < 4.78 is 0. The van der Waals surface area contributed by atoms with Crippen LogP contribution in [0.5, 0.6) is 0 Å². The minimum atomic E-state index is 0.931. The molecule has 0 atom stereocenters. The fourth-order valence-electron chi connectivity index (χ4n) is 3.27. The third-order valence-electron chi connectivity index (χ3n) is 4.95. The third kappa shape index (κ3) is 6.01. The van der Waals surface area contributed by atoms with E-state index >= 15 is 0 Å². The maximum atomic E-state index is 3.88. The summed E-state index contributed by atoms with van der Waals surface area (Å²) in [5, 5.41) is 0. The van der Waals surface area contributed by atoms with E-state index < -0.39 is 0 Å². The Morgan fingerprint density at radius 3 is 1.60 bits per heavy atom. The average molecular weight is 389 g/mol. The van der Waals surface area contributed by atoms with E-state index in [2.05, 4.69) is 98.7 Å². The zero-order valence-electron chi connectivity index (χ0n) is 18.0. The summed E-state index contributed by atoms with van der Waals surface area (Å²) in [6.45, 7) is 8.27. The van der Waals surface area contributed by atoms with Crippen molar-refractivity contribution >= 4 is 6.08 Å². The molecule has 0 unspecified atom stereocenters. The van der Waals surface area contributed by atoms with Crippen molar-refractivity contribution in [3.8, 4) is 23.7 Å². The summed E-state index contributed by atoms with van der Waals surface area (Å²) >= 11 is 0. The minimum Gasteiger partial charge on any atom is -0.0985 e. The quantitative estimate of drug-likeness (QED) is 0.411. The molecule has 0 aliphatic carbocycles. The van der Waals surface area contributed by atoms with Crippen molar-refractivity contribution in [3.05, 3.63) is 112 Å². The van der Waals surface area contributed by atoms with E-state index in [9.17, 15) is 0 Å². The van der Waals surface area contributed by atoms with E-state index in [0.29, 0.717) is 0 Å². The van der Waals surface area contributed by atoms with Crippen molar-refractivity contribution in [1.29, 1.82) is 0 Å². The Labute approximate surface area is 181 Å². The highest BCUT2D eigenvalue weighted by atomic mass is 14.0. The fourth-order valence-corrected chi connectivity index (χ4v) is 3.27. The number of hydrogen-bond donors (Lipinski definition) is 0. The van der Waals surface area contributed by atoms with Crippen molar-refractivity contribution < 1.29 is 0 Å². The molecule has 0 spiro atoms. The van der Waals surface area contributed by atoms with Gasteiger partial charge >= 0.3 is 0 Å². The van der Waals surface area contributed by atoms with Crippen LogP contribution in [-0.4, -0.2) is 0 Å². The summed E-state index contributed by atoms with van der Waals surface area (Å²) in [5.41, 5.74) is 7.67. The van der Waals surface area contributed by atoms with Gasteiger partial charge in [0.15, 0.2) is 0 Å². The van der Waals surface area contributed by atoms with Gasteiger partial charge in [-0.2, -0.15) is 0 Å². The standard InChI is InChI=1S/C30H28/c1-4-7-25-9-13-27(14-10-25)18-21-29-20-17-24(6-3)23-30(29)22-19-28-15-11-26(8-5-2)12-16-28/h6,9-17,20,23H,3-5,7-8H2,1-2H3. The monoisotopic (exact) mass is 388 g/mol. The Bertz CT molecular complexity index is 1110. The molecule has 0 fully saturated rings. The maximum absolute atomic E-state index is 3.88. The lowest BCUT2D eigenvalue weighted by Gasteiger charge is -2.01. The van der Waals surface area contributed by atoms with Gasteiger partial charge in [-0.15, -0.1) is 0 Å². The van der Waals surface area contributed by atoms with E-state index in [1.807, 2.05) is 18.2 Å². The molecule has 148 valence electrons. The molecule has 30 heavy (non-hydrogen) atoms. The van der Waals surface area contributed by atoms with Crippen LogP contribution >= 0.6 is 0 Å². The van der Waals surface area contributed by atoms with Crippen LogP contribution < -0.4 is 0 Å². The second-order valence-electron chi connectivity index (χ2n) is 7.40. The van der Waals surface area contributed by atoms with Gasteiger partial charge in [0.25, 0.3) is 0 Å². The van der Waals surface area contributed by atoms with Crippen LogP contribution in [-0.2, 0) is 12.8 Å². The van der Waals surface area contributed by atoms with Gasteiger partial charge in [0.05, 0.1) is 0 Å². The lowest BCUT2D eigenvalue weighted by molar-refractivity contribution is 0.922. The van der Waals surface area contributed by atoms with Crippen molar-refractivity contribution in [2.45, 2.75) is 39.5 Å². The number of hydrogen-bond acceptors (Lipinski definition) is 0. The molecule has 0 amide bonds. The zero-order chi connectivity index (χ0) is 21.2. The van der Waals surface area contributed by atoms with E-state index in [4.69, 9.17) is 0 Å². The molecule has 0 radical (unpaired) electrons. The zero-order valence-corrected chi connectivity index (χ0v) is 18.0. The van der Waals surface area contributed by atoms with Gasteiger partial charge in [0.1, 0.15) is 0 Å². The first-order chi connectivity index (χ1) is 14.7. The van der Waals surface area contributed by atoms with Gasteiger partial charge in [-0.25, -0.2) is 0 Å². The smallest absolute Gasteiger partial charge is 0.0411 e. The lowest BCUT2D eigenvalue weighted by Crippen LogP contribution is -1.87. The second-order valence-corrected chi connectivity index (χ2v) is 7.40. The Morgan fingerprint density at radius 1 is 0.633 bits per heavy atom. The van der Waals surface area contributed by atoms with E-state index in [1.54, 1.807) is 0 Å². The summed E-state index contributed by atoms with van der Waals surface area (Å²) in [4.78, 5) is 0. The number of rotatable bonds is 5. The minimum absolute atomic E-state index is 0.931. The Kier molecular flexibility index (Phi) is 7.71. The summed E-state index contributed by atoms with van der Waals surface area (Å²) in [6.07, 6.45) is 6.37. The second kappa shape index (κ2) is 10.9. The van der Waals surface area contributed by atoms with Crippen LogP contribution in [0.15, 0.2) is 73.3 Å². The highest BCUT2D eigenvalue weighted by Crippen LogP contribution is 2.13. The van der Waals surface area contributed by atoms with Gasteiger partial charge in [0, 0.05) is 22.3 Å². The normalized spacial score (nSPS) is 9.80. The Balaban J connectivity index is 1.88. The molecular formula is C30H28. The molecule has 3 aromatic carbocycles. The summed E-state index contributed by atoms with van der Waals surface area (Å²) in [5.74, 6) is 13.2. The first-order valence-corrected chi connectivity index (χ1v) is 10.7. The molecule has 0 N–H and O–H groups in total. The molecule has 0 heteroatoms. The van der Waals surface area contributed by atoms with E-state index in [1.165, 1.54) is 11.1 Å². The Morgan fingerprint density at radius 2 is 1.13 bits per heavy atom. The van der Waals surface area contributed by atoms with Crippen molar-refractivity contribution in [2.24, 2.45) is 0 Å². The maximum Gasteiger partial charge on any atom is 0.0411 e. The molecule has 0 heterocycles. The molecule has 0 aliphatic heterocycles. The van der Waals surface area contributed by atoms with Crippen molar-refractivity contribution in [3.63, 3.8) is 0 Å². The van der Waals surface area contributed by atoms with Gasteiger partial charge in [-0.05, 0) is 65.9 Å². The van der Waals surface area contributed by atoms with Crippen LogP contribution in [0.1, 0.15) is 65.6 Å². The van der Waals surface area contributed by atoms with Gasteiger partial charge < -0.3 is 0 Å². The molecule has 0 saturated heterocycles. The number of benzene rings is 3.